The molecule has 0 atom stereocenters. The topological polar surface area (TPSA) is 81.7 Å². The molecular weight excluding hydrogens is 439 g/mol. The molecule has 1 N–H and O–H groups in total. The van der Waals surface area contributed by atoms with Crippen LogP contribution < -0.4 is 10.3 Å². The summed E-state index contributed by atoms with van der Waals surface area (Å²) in [5.74, 6) is 0.794. The van der Waals surface area contributed by atoms with E-state index in [1.165, 1.54) is 4.57 Å². The second kappa shape index (κ2) is 7.62. The molecule has 0 bridgehead atoms. The van der Waals surface area contributed by atoms with Crippen molar-refractivity contribution in [1.82, 2.24) is 23.7 Å². The summed E-state index contributed by atoms with van der Waals surface area (Å²) in [6.45, 7) is 0. The van der Waals surface area contributed by atoms with Crippen molar-refractivity contribution in [3.8, 4) is 5.95 Å². The fraction of sp³-hybridized carbons (Fsp3) is 0.429. The van der Waals surface area contributed by atoms with Crippen LogP contribution in [0.25, 0.3) is 28.1 Å². The number of aliphatic hydroxyl groups is 1. The lowest BCUT2D eigenvalue weighted by atomic mass is 9.93. The largest absolute Gasteiger partial charge is 0.393 e. The molecule has 1 aliphatic rings. The molecule has 0 amide bonds. The first-order valence-electron chi connectivity index (χ1n) is 10.3. The van der Waals surface area contributed by atoms with E-state index in [1.807, 2.05) is 40.7 Å². The van der Waals surface area contributed by atoms with E-state index in [0.717, 1.165) is 29.4 Å². The zero-order valence-corrected chi connectivity index (χ0v) is 18.8. The van der Waals surface area contributed by atoms with E-state index in [0.29, 0.717) is 35.8 Å². The molecule has 0 spiro atoms. The molecule has 1 aromatic carbocycles. The monoisotopic (exact) mass is 461 g/mol. The molecule has 0 unspecified atom stereocenters. The fourth-order valence-corrected chi connectivity index (χ4v) is 5.02. The molecule has 1 saturated carbocycles. The van der Waals surface area contributed by atoms with E-state index in [9.17, 15) is 9.90 Å². The van der Waals surface area contributed by atoms with E-state index in [4.69, 9.17) is 28.2 Å². The highest BCUT2D eigenvalue weighted by Crippen LogP contribution is 2.31. The minimum Gasteiger partial charge on any atom is -0.393 e. The van der Waals surface area contributed by atoms with Gasteiger partial charge in [-0.25, -0.2) is 9.36 Å². The molecular formula is C21H23Cl2N6O2+. The summed E-state index contributed by atoms with van der Waals surface area (Å²) >= 11 is 12.6. The normalized spacial score (nSPS) is 19.5. The van der Waals surface area contributed by atoms with E-state index < -0.39 is 0 Å². The van der Waals surface area contributed by atoms with Gasteiger partial charge in [0.25, 0.3) is 6.33 Å². The van der Waals surface area contributed by atoms with Gasteiger partial charge in [0.15, 0.2) is 21.8 Å². The van der Waals surface area contributed by atoms with Crippen LogP contribution in [0.15, 0.2) is 29.3 Å². The van der Waals surface area contributed by atoms with Crippen LogP contribution in [0.2, 0.25) is 5.15 Å². The molecule has 31 heavy (non-hydrogen) atoms. The van der Waals surface area contributed by atoms with Crippen molar-refractivity contribution >= 4 is 45.4 Å². The second-order valence-corrected chi connectivity index (χ2v) is 8.84. The SMILES string of the molecule is Cn1c(=O)n(C2CCC(O)CC2)c2nc(-n3c[n+](C)c4ccc(CCl)cc43)nc(Cl)c21. The van der Waals surface area contributed by atoms with E-state index in [-0.39, 0.29) is 23.0 Å². The number of aromatic nitrogens is 6. The summed E-state index contributed by atoms with van der Waals surface area (Å²) in [5.41, 5.74) is 3.75. The Labute approximate surface area is 188 Å². The summed E-state index contributed by atoms with van der Waals surface area (Å²) in [6.07, 6.45) is 4.35. The standard InChI is InChI=1S/C21H23Cl2N6O2/c1-26-11-28(16-9-12(10-22)3-8-15(16)26)20-24-18(23)17-19(25-20)29(21(31)27(17)2)13-4-6-14(30)7-5-13/h3,8-9,11,13-14,30H,4-7,10H2,1-2H3/q+1. The highest BCUT2D eigenvalue weighted by Gasteiger charge is 2.28. The number of benzene rings is 1. The molecule has 8 nitrogen and oxygen atoms in total. The Balaban J connectivity index is 1.74. The number of halogens is 2. The van der Waals surface area contributed by atoms with Gasteiger partial charge in [-0.15, -0.1) is 11.6 Å². The van der Waals surface area contributed by atoms with Crippen LogP contribution in [0.1, 0.15) is 37.3 Å². The number of hydrogen-bond donors (Lipinski definition) is 1. The van der Waals surface area contributed by atoms with E-state index in [1.54, 1.807) is 11.6 Å². The number of alkyl halides is 1. The lowest BCUT2D eigenvalue weighted by Gasteiger charge is -2.25. The van der Waals surface area contributed by atoms with Crippen LogP contribution in [-0.4, -0.2) is 34.9 Å². The number of nitrogens with zero attached hydrogens (tertiary/aromatic N) is 6. The molecule has 0 aliphatic heterocycles. The van der Waals surface area contributed by atoms with Crippen LogP contribution in [0.3, 0.4) is 0 Å². The highest BCUT2D eigenvalue weighted by atomic mass is 35.5. The zero-order chi connectivity index (χ0) is 21.9. The fourth-order valence-electron chi connectivity index (χ4n) is 4.56. The van der Waals surface area contributed by atoms with Crippen molar-refractivity contribution in [1.29, 1.82) is 0 Å². The predicted molar refractivity (Wildman–Crippen MR) is 119 cm³/mol. The molecule has 10 heteroatoms. The Morgan fingerprint density at radius 1 is 1.23 bits per heavy atom. The van der Waals surface area contributed by atoms with Gasteiger partial charge in [0.05, 0.1) is 13.2 Å². The number of aryl methyl sites for hydroxylation is 2. The maximum absolute atomic E-state index is 13.1. The third kappa shape index (κ3) is 3.24. The van der Waals surface area contributed by atoms with E-state index >= 15 is 0 Å². The van der Waals surface area contributed by atoms with Gasteiger partial charge in [-0.2, -0.15) is 14.5 Å². The van der Waals surface area contributed by atoms with E-state index in [2.05, 4.69) is 4.98 Å². The number of imidazole rings is 2. The van der Waals surface area contributed by atoms with Crippen molar-refractivity contribution in [2.45, 2.75) is 43.7 Å². The maximum atomic E-state index is 13.1. The van der Waals surface area contributed by atoms with Gasteiger partial charge >= 0.3 is 11.6 Å². The molecule has 0 radical (unpaired) electrons. The Morgan fingerprint density at radius 2 is 1.97 bits per heavy atom. The summed E-state index contributed by atoms with van der Waals surface area (Å²) in [5, 5.41) is 10.1. The van der Waals surface area contributed by atoms with Crippen molar-refractivity contribution in [3.05, 3.63) is 45.7 Å². The minimum atomic E-state index is -0.307. The molecule has 0 saturated heterocycles. The lowest BCUT2D eigenvalue weighted by Crippen LogP contribution is -2.30. The lowest BCUT2D eigenvalue weighted by molar-refractivity contribution is -0.645. The Morgan fingerprint density at radius 3 is 2.68 bits per heavy atom. The molecule has 3 aromatic heterocycles. The molecule has 4 aromatic rings. The quantitative estimate of drug-likeness (QED) is 0.289. The highest BCUT2D eigenvalue weighted by molar-refractivity contribution is 6.33. The number of aliphatic hydroxyl groups excluding tert-OH is 1. The number of hydrogen-bond acceptors (Lipinski definition) is 4. The van der Waals surface area contributed by atoms with Gasteiger partial charge in [0, 0.05) is 19.0 Å². The summed E-state index contributed by atoms with van der Waals surface area (Å²) in [6, 6.07) is 5.97. The van der Waals surface area contributed by atoms with Gasteiger partial charge in [-0.05, 0) is 43.4 Å². The van der Waals surface area contributed by atoms with Crippen LogP contribution in [0.5, 0.6) is 0 Å². The third-order valence-electron chi connectivity index (χ3n) is 6.24. The van der Waals surface area contributed by atoms with Crippen LogP contribution in [0.4, 0.5) is 0 Å². The molecule has 1 fully saturated rings. The second-order valence-electron chi connectivity index (χ2n) is 8.21. The average Bonchev–Trinajstić information content (AvgIpc) is 3.22. The first-order chi connectivity index (χ1) is 14.9. The minimum absolute atomic E-state index is 0.0289. The zero-order valence-electron chi connectivity index (χ0n) is 17.3. The predicted octanol–water partition coefficient (Wildman–Crippen LogP) is 2.77. The number of fused-ring (bicyclic) bond motifs is 2. The first kappa shape index (κ1) is 20.5. The average molecular weight is 462 g/mol. The van der Waals surface area contributed by atoms with Gasteiger partial charge in [0.2, 0.25) is 0 Å². The van der Waals surface area contributed by atoms with Gasteiger partial charge in [-0.3, -0.25) is 9.13 Å². The smallest absolute Gasteiger partial charge is 0.330 e. The Hall–Kier alpha value is -2.42. The molecule has 3 heterocycles. The maximum Gasteiger partial charge on any atom is 0.330 e. The van der Waals surface area contributed by atoms with Crippen molar-refractivity contribution in [2.24, 2.45) is 14.1 Å². The summed E-state index contributed by atoms with van der Waals surface area (Å²) in [4.78, 5) is 22.4. The van der Waals surface area contributed by atoms with Crippen molar-refractivity contribution < 1.29 is 9.67 Å². The van der Waals surface area contributed by atoms with Gasteiger partial charge in [-0.1, -0.05) is 17.7 Å². The Kier molecular flexibility index (Phi) is 5.03. The molecule has 162 valence electrons. The molecule has 1 aliphatic carbocycles. The first-order valence-corrected chi connectivity index (χ1v) is 11.2. The van der Waals surface area contributed by atoms with Crippen molar-refractivity contribution in [3.63, 3.8) is 0 Å². The molecule has 5 rings (SSSR count). The van der Waals surface area contributed by atoms with Crippen LogP contribution in [0, 0.1) is 0 Å². The van der Waals surface area contributed by atoms with Gasteiger partial charge in [0.1, 0.15) is 5.52 Å². The Bertz CT molecular complexity index is 1360. The van der Waals surface area contributed by atoms with Gasteiger partial charge < -0.3 is 5.11 Å². The van der Waals surface area contributed by atoms with Crippen LogP contribution in [-0.2, 0) is 20.0 Å². The summed E-state index contributed by atoms with van der Waals surface area (Å²) in [7, 11) is 3.64. The van der Waals surface area contributed by atoms with Crippen molar-refractivity contribution in [2.75, 3.05) is 0 Å². The third-order valence-corrected chi connectivity index (χ3v) is 6.81. The van der Waals surface area contributed by atoms with Crippen LogP contribution >= 0.6 is 23.2 Å². The number of rotatable bonds is 3. The summed E-state index contributed by atoms with van der Waals surface area (Å²) < 4.78 is 7.07.